The minimum atomic E-state index is -1.06. The van der Waals surface area contributed by atoms with Crippen molar-refractivity contribution in [2.45, 2.75) is 6.54 Å². The largest absolute Gasteiger partial charge is 0.454 e. The lowest BCUT2D eigenvalue weighted by Gasteiger charge is -2.30. The van der Waals surface area contributed by atoms with Gasteiger partial charge in [0.2, 0.25) is 18.6 Å². The highest BCUT2D eigenvalue weighted by atomic mass is 16.7. The smallest absolute Gasteiger partial charge is 0.324 e. The molecule has 2 N–H and O–H groups in total. The Morgan fingerprint density at radius 2 is 2.12 bits per heavy atom. The zero-order valence-corrected chi connectivity index (χ0v) is 13.4. The molecule has 0 radical (unpaired) electrons. The molecule has 26 heavy (non-hydrogen) atoms. The highest BCUT2D eigenvalue weighted by Gasteiger charge is 2.39. The molecule has 4 rings (SSSR count). The van der Waals surface area contributed by atoms with Gasteiger partial charge in [0.1, 0.15) is 12.2 Å². The molecule has 1 aromatic carbocycles. The summed E-state index contributed by atoms with van der Waals surface area (Å²) in [6.07, 6.45) is 1.30. The molecule has 0 saturated carbocycles. The fraction of sp³-hybridized carbons (Fsp3) is 0.250. The fourth-order valence-corrected chi connectivity index (χ4v) is 2.73. The van der Waals surface area contributed by atoms with Crippen molar-refractivity contribution in [3.05, 3.63) is 36.1 Å². The topological polar surface area (TPSA) is 123 Å². The second kappa shape index (κ2) is 6.39. The zero-order chi connectivity index (χ0) is 18.1. The van der Waals surface area contributed by atoms with E-state index >= 15 is 0 Å². The van der Waals surface area contributed by atoms with Gasteiger partial charge in [0.25, 0.3) is 0 Å². The summed E-state index contributed by atoms with van der Waals surface area (Å²) in [5.41, 5.74) is 0.676. The van der Waals surface area contributed by atoms with Crippen LogP contribution in [-0.2, 0) is 16.1 Å². The van der Waals surface area contributed by atoms with Crippen LogP contribution in [-0.4, -0.2) is 41.2 Å². The van der Waals surface area contributed by atoms with E-state index in [9.17, 15) is 14.4 Å². The number of imide groups is 1. The van der Waals surface area contributed by atoms with Crippen LogP contribution < -0.4 is 20.1 Å². The average Bonchev–Trinajstić information content (AvgIpc) is 3.29. The molecule has 1 aromatic heterocycles. The van der Waals surface area contributed by atoms with Crippen LogP contribution in [0.2, 0.25) is 0 Å². The van der Waals surface area contributed by atoms with Gasteiger partial charge in [-0.2, -0.15) is 0 Å². The summed E-state index contributed by atoms with van der Waals surface area (Å²) in [5, 5.41) is 8.59. The molecular weight excluding hydrogens is 344 g/mol. The number of nitrogens with zero attached hydrogens (tertiary/aromatic N) is 2. The molecule has 3 heterocycles. The fourth-order valence-electron chi connectivity index (χ4n) is 2.73. The molecule has 4 amide bonds. The molecule has 10 heteroatoms. The van der Waals surface area contributed by atoms with Crippen molar-refractivity contribution in [1.29, 1.82) is 0 Å². The number of amides is 4. The van der Waals surface area contributed by atoms with Gasteiger partial charge in [-0.3, -0.25) is 14.5 Å². The number of rotatable bonds is 4. The third kappa shape index (κ3) is 2.92. The van der Waals surface area contributed by atoms with Crippen molar-refractivity contribution in [3.63, 3.8) is 0 Å². The molecule has 10 nitrogen and oxygen atoms in total. The number of benzene rings is 1. The monoisotopic (exact) mass is 358 g/mol. The number of nitrogens with one attached hydrogen (secondary N) is 2. The molecule has 1 fully saturated rings. The van der Waals surface area contributed by atoms with Crippen molar-refractivity contribution in [1.82, 2.24) is 15.4 Å². The van der Waals surface area contributed by atoms with Crippen molar-refractivity contribution < 1.29 is 28.4 Å². The minimum absolute atomic E-state index is 0.00898. The minimum Gasteiger partial charge on any atom is -0.454 e. The number of hydrogen-bond donors (Lipinski definition) is 2. The van der Waals surface area contributed by atoms with Crippen molar-refractivity contribution >= 4 is 23.7 Å². The Morgan fingerprint density at radius 3 is 2.92 bits per heavy atom. The SMILES string of the molecule is O=C(Nc1ccon1)C1CNC(=O)N(Cc2ccc3c(c2)OCO3)C1=O. The number of fused-ring (bicyclic) bond motifs is 1. The summed E-state index contributed by atoms with van der Waals surface area (Å²) in [7, 11) is 0. The molecule has 134 valence electrons. The van der Waals surface area contributed by atoms with E-state index in [0.717, 1.165) is 4.90 Å². The summed E-state index contributed by atoms with van der Waals surface area (Å²) in [5.74, 6) is -0.867. The molecule has 1 unspecified atom stereocenters. The van der Waals surface area contributed by atoms with Gasteiger partial charge in [-0.15, -0.1) is 0 Å². The Labute approximate surface area is 147 Å². The first-order chi connectivity index (χ1) is 12.6. The number of carbonyl (C=O) groups excluding carboxylic acids is 3. The van der Waals surface area contributed by atoms with E-state index in [2.05, 4.69) is 20.3 Å². The Balaban J connectivity index is 1.49. The quantitative estimate of drug-likeness (QED) is 0.772. The Morgan fingerprint density at radius 1 is 1.27 bits per heavy atom. The van der Waals surface area contributed by atoms with Gasteiger partial charge in [0, 0.05) is 12.6 Å². The maximum absolute atomic E-state index is 12.6. The molecule has 2 aromatic rings. The van der Waals surface area contributed by atoms with Gasteiger partial charge < -0.3 is 24.6 Å². The maximum Gasteiger partial charge on any atom is 0.324 e. The molecular formula is C16H14N4O6. The van der Waals surface area contributed by atoms with Crippen molar-refractivity contribution in [2.24, 2.45) is 5.92 Å². The normalized spacial score (nSPS) is 18.6. The zero-order valence-electron chi connectivity index (χ0n) is 13.4. The van der Waals surface area contributed by atoms with Gasteiger partial charge in [-0.25, -0.2) is 4.79 Å². The molecule has 0 aliphatic carbocycles. The molecule has 2 aliphatic heterocycles. The van der Waals surface area contributed by atoms with Gasteiger partial charge in [-0.1, -0.05) is 11.2 Å². The Kier molecular flexibility index (Phi) is 3.92. The van der Waals surface area contributed by atoms with Crippen molar-refractivity contribution in [2.75, 3.05) is 18.7 Å². The van der Waals surface area contributed by atoms with Gasteiger partial charge in [0.15, 0.2) is 17.3 Å². The second-order valence-corrected chi connectivity index (χ2v) is 5.72. The summed E-state index contributed by atoms with van der Waals surface area (Å²) in [6, 6.07) is 6.03. The number of carbonyl (C=O) groups is 3. The van der Waals surface area contributed by atoms with Crippen LogP contribution in [0.4, 0.5) is 10.6 Å². The van der Waals surface area contributed by atoms with Crippen LogP contribution in [0.5, 0.6) is 11.5 Å². The van der Waals surface area contributed by atoms with Crippen LogP contribution in [0.3, 0.4) is 0 Å². The van der Waals surface area contributed by atoms with E-state index in [1.165, 1.54) is 12.3 Å². The van der Waals surface area contributed by atoms with E-state index in [4.69, 9.17) is 9.47 Å². The number of aromatic nitrogens is 1. The van der Waals surface area contributed by atoms with E-state index in [1.807, 2.05) is 0 Å². The average molecular weight is 358 g/mol. The highest BCUT2D eigenvalue weighted by molar-refractivity contribution is 6.11. The number of ether oxygens (including phenoxy) is 2. The molecule has 2 aliphatic rings. The summed E-state index contributed by atoms with van der Waals surface area (Å²) >= 11 is 0. The third-order valence-electron chi connectivity index (χ3n) is 4.05. The third-order valence-corrected chi connectivity index (χ3v) is 4.05. The molecule has 1 atom stereocenters. The molecule has 0 bridgehead atoms. The Hall–Kier alpha value is -3.56. The van der Waals surface area contributed by atoms with Crippen LogP contribution in [0.15, 0.2) is 35.1 Å². The van der Waals surface area contributed by atoms with Crippen LogP contribution >= 0.6 is 0 Å². The van der Waals surface area contributed by atoms with Crippen LogP contribution in [0, 0.1) is 5.92 Å². The second-order valence-electron chi connectivity index (χ2n) is 5.72. The van der Waals surface area contributed by atoms with E-state index in [0.29, 0.717) is 17.1 Å². The number of hydrogen-bond acceptors (Lipinski definition) is 7. The number of anilines is 1. The summed E-state index contributed by atoms with van der Waals surface area (Å²) in [4.78, 5) is 38.1. The lowest BCUT2D eigenvalue weighted by Crippen LogP contribution is -2.57. The molecule has 1 saturated heterocycles. The lowest BCUT2D eigenvalue weighted by atomic mass is 10.0. The summed E-state index contributed by atoms with van der Waals surface area (Å²) < 4.78 is 15.2. The van der Waals surface area contributed by atoms with Gasteiger partial charge in [0.05, 0.1) is 6.54 Å². The van der Waals surface area contributed by atoms with Gasteiger partial charge >= 0.3 is 6.03 Å². The summed E-state index contributed by atoms with van der Waals surface area (Å²) in [6.45, 7) is 0.0558. The van der Waals surface area contributed by atoms with Crippen LogP contribution in [0.1, 0.15) is 5.56 Å². The van der Waals surface area contributed by atoms with E-state index < -0.39 is 23.8 Å². The van der Waals surface area contributed by atoms with Crippen molar-refractivity contribution in [3.8, 4) is 11.5 Å². The first-order valence-corrected chi connectivity index (χ1v) is 7.81. The Bertz CT molecular complexity index is 866. The maximum atomic E-state index is 12.6. The van der Waals surface area contributed by atoms with E-state index in [-0.39, 0.29) is 25.7 Å². The predicted octanol–water partition coefficient (Wildman–Crippen LogP) is 0.710. The van der Waals surface area contributed by atoms with E-state index in [1.54, 1.807) is 18.2 Å². The lowest BCUT2D eigenvalue weighted by molar-refractivity contribution is -0.139. The van der Waals surface area contributed by atoms with Crippen LogP contribution in [0.25, 0.3) is 0 Å². The highest BCUT2D eigenvalue weighted by Crippen LogP contribution is 2.33. The first kappa shape index (κ1) is 15.9. The standard InChI is InChI=1S/C16H14N4O6/c21-14(18-13-3-4-26-19-13)10-6-17-16(23)20(15(10)22)7-9-1-2-11-12(5-9)25-8-24-11/h1-5,10H,6-8H2,(H,17,23)(H,18,19,21). The number of urea groups is 1. The molecule has 0 spiro atoms. The van der Waals surface area contributed by atoms with Gasteiger partial charge in [-0.05, 0) is 17.7 Å². The first-order valence-electron chi connectivity index (χ1n) is 7.81. The predicted molar refractivity (Wildman–Crippen MR) is 85.1 cm³/mol.